The highest BCUT2D eigenvalue weighted by atomic mass is 16.2. The molecule has 0 saturated carbocycles. The van der Waals surface area contributed by atoms with Gasteiger partial charge in [0.15, 0.2) is 0 Å². The summed E-state index contributed by atoms with van der Waals surface area (Å²) in [6, 6.07) is 16.5. The van der Waals surface area contributed by atoms with Crippen LogP contribution < -0.4 is 15.5 Å². The zero-order valence-electron chi connectivity index (χ0n) is 17.6. The fraction of sp³-hybridized carbons (Fsp3) is 0.348. The lowest BCUT2D eigenvalue weighted by molar-refractivity contribution is -0.135. The number of benzene rings is 2. The Morgan fingerprint density at radius 3 is 2.33 bits per heavy atom. The van der Waals surface area contributed by atoms with Crippen molar-refractivity contribution in [2.75, 3.05) is 25.5 Å². The number of nitrogens with one attached hydrogen (secondary N) is 2. The van der Waals surface area contributed by atoms with Crippen molar-refractivity contribution in [2.45, 2.75) is 31.8 Å². The summed E-state index contributed by atoms with van der Waals surface area (Å²) in [5.74, 6) is -0.762. The molecule has 1 aliphatic rings. The van der Waals surface area contributed by atoms with Gasteiger partial charge in [-0.15, -0.1) is 0 Å². The monoisotopic (exact) mass is 408 g/mol. The van der Waals surface area contributed by atoms with E-state index >= 15 is 0 Å². The number of imide groups is 1. The van der Waals surface area contributed by atoms with Gasteiger partial charge in [-0.05, 0) is 29.7 Å². The Bertz CT molecular complexity index is 912. The average molecular weight is 409 g/mol. The van der Waals surface area contributed by atoms with E-state index in [2.05, 4.69) is 10.6 Å². The molecule has 2 aromatic rings. The highest BCUT2D eigenvalue weighted by Crippen LogP contribution is 2.33. The Hall–Kier alpha value is -3.35. The molecule has 30 heavy (non-hydrogen) atoms. The molecule has 0 spiro atoms. The van der Waals surface area contributed by atoms with Gasteiger partial charge in [-0.1, -0.05) is 55.8 Å². The maximum atomic E-state index is 13.2. The van der Waals surface area contributed by atoms with Gasteiger partial charge in [0.2, 0.25) is 5.91 Å². The fourth-order valence-corrected chi connectivity index (χ4v) is 3.69. The van der Waals surface area contributed by atoms with E-state index in [0.717, 1.165) is 21.7 Å². The van der Waals surface area contributed by atoms with Crippen LogP contribution in [0.2, 0.25) is 0 Å². The van der Waals surface area contributed by atoms with Crippen molar-refractivity contribution in [3.63, 3.8) is 0 Å². The van der Waals surface area contributed by atoms with Gasteiger partial charge >= 0.3 is 6.03 Å². The minimum Gasteiger partial charge on any atom is -0.378 e. The van der Waals surface area contributed by atoms with E-state index in [1.165, 1.54) is 0 Å². The quantitative estimate of drug-likeness (QED) is 0.658. The van der Waals surface area contributed by atoms with Gasteiger partial charge in [-0.25, -0.2) is 4.79 Å². The Morgan fingerprint density at radius 2 is 1.73 bits per heavy atom. The molecule has 0 radical (unpaired) electrons. The molecular weight excluding hydrogens is 380 g/mol. The summed E-state index contributed by atoms with van der Waals surface area (Å²) in [6.45, 7) is 1.98. The Kier molecular flexibility index (Phi) is 6.40. The molecule has 0 aromatic heterocycles. The highest BCUT2D eigenvalue weighted by molar-refractivity contribution is 6.09. The second-order valence-corrected chi connectivity index (χ2v) is 7.68. The predicted octanol–water partition coefficient (Wildman–Crippen LogP) is 2.62. The van der Waals surface area contributed by atoms with Crippen molar-refractivity contribution in [3.8, 4) is 0 Å². The number of amides is 4. The fourth-order valence-electron chi connectivity index (χ4n) is 3.69. The lowest BCUT2D eigenvalue weighted by atomic mass is 9.85. The molecule has 1 aliphatic heterocycles. The summed E-state index contributed by atoms with van der Waals surface area (Å²) < 4.78 is 0. The van der Waals surface area contributed by atoms with Gasteiger partial charge in [0, 0.05) is 26.3 Å². The third-order valence-corrected chi connectivity index (χ3v) is 5.31. The maximum absolute atomic E-state index is 13.2. The first-order valence-corrected chi connectivity index (χ1v) is 10.1. The second-order valence-electron chi connectivity index (χ2n) is 7.68. The molecule has 3 rings (SSSR count). The van der Waals surface area contributed by atoms with Crippen LogP contribution in [-0.2, 0) is 21.7 Å². The Morgan fingerprint density at radius 1 is 1.07 bits per heavy atom. The van der Waals surface area contributed by atoms with Crippen LogP contribution in [0.1, 0.15) is 30.9 Å². The third-order valence-electron chi connectivity index (χ3n) is 5.31. The first-order chi connectivity index (χ1) is 14.4. The predicted molar refractivity (Wildman–Crippen MR) is 116 cm³/mol. The van der Waals surface area contributed by atoms with E-state index in [4.69, 9.17) is 0 Å². The molecular formula is C23H28N4O3. The van der Waals surface area contributed by atoms with E-state index in [1.807, 2.05) is 80.5 Å². The summed E-state index contributed by atoms with van der Waals surface area (Å²) in [7, 11) is 3.92. The maximum Gasteiger partial charge on any atom is 0.325 e. The number of carbonyl (C=O) groups excluding carboxylic acids is 3. The van der Waals surface area contributed by atoms with E-state index in [1.54, 1.807) is 0 Å². The van der Waals surface area contributed by atoms with Crippen LogP contribution in [0.4, 0.5) is 10.5 Å². The van der Waals surface area contributed by atoms with E-state index in [-0.39, 0.29) is 18.4 Å². The standard InChI is InChI=1S/C23H28N4O3/c1-4-14-23(18-8-6-5-7-9-18)21(29)27(22(30)25-23)16-20(28)24-15-17-10-12-19(13-11-17)26(2)3/h5-13H,4,14-16H2,1-3H3,(H,24,28)(H,25,30)/t23-/m1/s1. The van der Waals surface area contributed by atoms with Gasteiger partial charge in [0.05, 0.1) is 0 Å². The van der Waals surface area contributed by atoms with Crippen LogP contribution in [0, 0.1) is 0 Å². The molecule has 0 unspecified atom stereocenters. The minimum atomic E-state index is -1.12. The summed E-state index contributed by atoms with van der Waals surface area (Å²) in [5, 5.41) is 5.62. The summed E-state index contributed by atoms with van der Waals surface area (Å²) in [4.78, 5) is 41.2. The molecule has 0 bridgehead atoms. The van der Waals surface area contributed by atoms with E-state index in [9.17, 15) is 14.4 Å². The summed E-state index contributed by atoms with van der Waals surface area (Å²) >= 11 is 0. The zero-order chi connectivity index (χ0) is 21.7. The molecule has 7 nitrogen and oxygen atoms in total. The van der Waals surface area contributed by atoms with Crippen molar-refractivity contribution in [1.29, 1.82) is 0 Å². The van der Waals surface area contributed by atoms with Gasteiger partial charge < -0.3 is 15.5 Å². The van der Waals surface area contributed by atoms with E-state index < -0.39 is 11.6 Å². The molecule has 1 heterocycles. The number of hydrogen-bond acceptors (Lipinski definition) is 4. The molecule has 7 heteroatoms. The van der Waals surface area contributed by atoms with Gasteiger partial charge in [0.25, 0.3) is 5.91 Å². The van der Waals surface area contributed by atoms with Gasteiger partial charge in [-0.3, -0.25) is 14.5 Å². The smallest absolute Gasteiger partial charge is 0.325 e. The molecule has 1 saturated heterocycles. The van der Waals surface area contributed by atoms with E-state index in [0.29, 0.717) is 19.4 Å². The van der Waals surface area contributed by atoms with Crippen molar-refractivity contribution in [2.24, 2.45) is 0 Å². The number of anilines is 1. The Balaban J connectivity index is 1.66. The first-order valence-electron chi connectivity index (χ1n) is 10.1. The molecule has 2 aromatic carbocycles. The number of hydrogen-bond donors (Lipinski definition) is 2. The number of rotatable bonds is 8. The van der Waals surface area contributed by atoms with Crippen molar-refractivity contribution >= 4 is 23.5 Å². The van der Waals surface area contributed by atoms with Crippen molar-refractivity contribution in [1.82, 2.24) is 15.5 Å². The van der Waals surface area contributed by atoms with Crippen molar-refractivity contribution in [3.05, 3.63) is 65.7 Å². The molecule has 0 aliphatic carbocycles. The molecule has 1 atom stereocenters. The van der Waals surface area contributed by atoms with Crippen LogP contribution in [0.25, 0.3) is 0 Å². The third kappa shape index (κ3) is 4.30. The van der Waals surface area contributed by atoms with Gasteiger partial charge in [0.1, 0.15) is 12.1 Å². The summed E-state index contributed by atoms with van der Waals surface area (Å²) in [5.41, 5.74) is 1.62. The van der Waals surface area contributed by atoms with Crippen LogP contribution >= 0.6 is 0 Å². The van der Waals surface area contributed by atoms with Crippen LogP contribution in [0.15, 0.2) is 54.6 Å². The normalized spacial score (nSPS) is 18.3. The Labute approximate surface area is 177 Å². The van der Waals surface area contributed by atoms with Crippen molar-refractivity contribution < 1.29 is 14.4 Å². The topological polar surface area (TPSA) is 81.8 Å². The molecule has 158 valence electrons. The SMILES string of the molecule is CCC[C@]1(c2ccccc2)NC(=O)N(CC(=O)NCc2ccc(N(C)C)cc2)C1=O. The average Bonchev–Trinajstić information content (AvgIpc) is 2.98. The van der Waals surface area contributed by atoms with Gasteiger partial charge in [-0.2, -0.15) is 0 Å². The number of urea groups is 1. The highest BCUT2D eigenvalue weighted by Gasteiger charge is 2.52. The largest absolute Gasteiger partial charge is 0.378 e. The first kappa shape index (κ1) is 21.4. The molecule has 1 fully saturated rings. The lowest BCUT2D eigenvalue weighted by Crippen LogP contribution is -2.45. The number of nitrogens with zero attached hydrogens (tertiary/aromatic N) is 2. The van der Waals surface area contributed by atoms with Crippen LogP contribution in [-0.4, -0.2) is 43.4 Å². The number of carbonyl (C=O) groups is 3. The summed E-state index contributed by atoms with van der Waals surface area (Å²) in [6.07, 6.45) is 1.18. The lowest BCUT2D eigenvalue weighted by Gasteiger charge is -2.26. The van der Waals surface area contributed by atoms with Crippen LogP contribution in [0.3, 0.4) is 0 Å². The van der Waals surface area contributed by atoms with Crippen LogP contribution in [0.5, 0.6) is 0 Å². The minimum absolute atomic E-state index is 0.307. The molecule has 4 amide bonds. The zero-order valence-corrected chi connectivity index (χ0v) is 17.6. The molecule has 2 N–H and O–H groups in total. The second kappa shape index (κ2) is 8.98.